The molecular formula is C15H23N3O2. The molecule has 1 aliphatic rings. The normalized spacial score (nSPS) is 22.8. The van der Waals surface area contributed by atoms with Gasteiger partial charge >= 0.3 is 0 Å². The highest BCUT2D eigenvalue weighted by Gasteiger charge is 2.28. The molecule has 5 heteroatoms. The lowest BCUT2D eigenvalue weighted by Crippen LogP contribution is -2.50. The first-order chi connectivity index (χ1) is 9.61. The van der Waals surface area contributed by atoms with E-state index in [1.165, 1.54) is 12.3 Å². The maximum atomic E-state index is 12.4. The summed E-state index contributed by atoms with van der Waals surface area (Å²) in [5, 5.41) is 3.54. The van der Waals surface area contributed by atoms with Crippen LogP contribution in [0.5, 0.6) is 0 Å². The van der Waals surface area contributed by atoms with Crippen LogP contribution in [0.2, 0.25) is 0 Å². The molecule has 2 rings (SSSR count). The van der Waals surface area contributed by atoms with Gasteiger partial charge in [0.15, 0.2) is 0 Å². The number of pyridine rings is 1. The lowest BCUT2D eigenvalue weighted by Gasteiger charge is -2.37. The van der Waals surface area contributed by atoms with Crippen LogP contribution in [0.15, 0.2) is 23.1 Å². The molecular weight excluding hydrogens is 254 g/mol. The Labute approximate surface area is 119 Å². The summed E-state index contributed by atoms with van der Waals surface area (Å²) in [6, 6.07) is 3.52. The average Bonchev–Trinajstić information content (AvgIpc) is 2.45. The van der Waals surface area contributed by atoms with Crippen LogP contribution in [-0.2, 0) is 0 Å². The van der Waals surface area contributed by atoms with Crippen LogP contribution in [0.25, 0.3) is 0 Å². The fourth-order valence-corrected chi connectivity index (χ4v) is 2.72. The second-order valence-corrected chi connectivity index (χ2v) is 5.52. The number of aromatic amines is 1. The van der Waals surface area contributed by atoms with E-state index in [1.54, 1.807) is 6.07 Å². The molecule has 1 saturated heterocycles. The number of aromatic nitrogens is 1. The van der Waals surface area contributed by atoms with Gasteiger partial charge in [-0.2, -0.15) is 0 Å². The van der Waals surface area contributed by atoms with E-state index in [0.29, 0.717) is 17.5 Å². The van der Waals surface area contributed by atoms with Gasteiger partial charge in [-0.1, -0.05) is 13.8 Å². The van der Waals surface area contributed by atoms with Gasteiger partial charge in [0.05, 0.1) is 0 Å². The minimum atomic E-state index is -0.233. The predicted molar refractivity (Wildman–Crippen MR) is 78.8 cm³/mol. The van der Waals surface area contributed by atoms with Crippen LogP contribution in [0, 0.1) is 5.92 Å². The van der Waals surface area contributed by atoms with E-state index < -0.39 is 0 Å². The standard InChI is InChI=1S/C15H23N3O2/c1-3-6-16-13-5-8-18(10-11(13)2)15(20)12-4-7-17-14(19)9-12/h4,7,9,11,13,16H,3,5-6,8,10H2,1-2H3,(H,17,19). The van der Waals surface area contributed by atoms with Crippen LogP contribution in [0.1, 0.15) is 37.0 Å². The molecule has 1 aliphatic heterocycles. The molecule has 0 aliphatic carbocycles. The number of H-pyrrole nitrogens is 1. The van der Waals surface area contributed by atoms with Crippen molar-refractivity contribution in [1.29, 1.82) is 0 Å². The highest BCUT2D eigenvalue weighted by Crippen LogP contribution is 2.18. The maximum Gasteiger partial charge on any atom is 0.254 e. The number of likely N-dealkylation sites (tertiary alicyclic amines) is 1. The van der Waals surface area contributed by atoms with Crippen molar-refractivity contribution < 1.29 is 4.79 Å². The zero-order chi connectivity index (χ0) is 14.5. The molecule has 1 aromatic heterocycles. The van der Waals surface area contributed by atoms with Gasteiger partial charge in [-0.05, 0) is 31.4 Å². The Morgan fingerprint density at radius 1 is 1.55 bits per heavy atom. The molecule has 1 aromatic rings. The molecule has 5 nitrogen and oxygen atoms in total. The van der Waals surface area contributed by atoms with Crippen LogP contribution in [0.4, 0.5) is 0 Å². The highest BCUT2D eigenvalue weighted by atomic mass is 16.2. The number of hydrogen-bond acceptors (Lipinski definition) is 3. The Bertz CT molecular complexity index is 512. The number of nitrogens with one attached hydrogen (secondary N) is 2. The smallest absolute Gasteiger partial charge is 0.254 e. The average molecular weight is 277 g/mol. The Hall–Kier alpha value is -1.62. The van der Waals surface area contributed by atoms with Crippen LogP contribution < -0.4 is 10.9 Å². The van der Waals surface area contributed by atoms with E-state index in [1.807, 2.05) is 4.90 Å². The summed E-state index contributed by atoms with van der Waals surface area (Å²) < 4.78 is 0. The first-order valence-electron chi connectivity index (χ1n) is 7.33. The van der Waals surface area contributed by atoms with Crippen LogP contribution in [-0.4, -0.2) is 41.5 Å². The van der Waals surface area contributed by atoms with Crippen molar-refractivity contribution in [3.05, 3.63) is 34.2 Å². The van der Waals surface area contributed by atoms with Gasteiger partial charge in [-0.3, -0.25) is 9.59 Å². The molecule has 0 aromatic carbocycles. The number of rotatable bonds is 4. The summed E-state index contributed by atoms with van der Waals surface area (Å²) in [5.41, 5.74) is 0.240. The monoisotopic (exact) mass is 277 g/mol. The molecule has 0 saturated carbocycles. The number of piperidine rings is 1. The van der Waals surface area contributed by atoms with E-state index in [0.717, 1.165) is 32.5 Å². The topological polar surface area (TPSA) is 65.2 Å². The SMILES string of the molecule is CCCNC1CCN(C(=O)c2cc[nH]c(=O)c2)CC1C. The van der Waals surface area contributed by atoms with Crippen LogP contribution >= 0.6 is 0 Å². The van der Waals surface area contributed by atoms with Gasteiger partial charge in [0.2, 0.25) is 5.56 Å². The Morgan fingerprint density at radius 3 is 3.00 bits per heavy atom. The Morgan fingerprint density at radius 2 is 2.35 bits per heavy atom. The number of carbonyl (C=O) groups excluding carboxylic acids is 1. The van der Waals surface area contributed by atoms with E-state index in [2.05, 4.69) is 24.1 Å². The van der Waals surface area contributed by atoms with Crippen molar-refractivity contribution in [2.45, 2.75) is 32.7 Å². The van der Waals surface area contributed by atoms with Gasteiger partial charge in [-0.15, -0.1) is 0 Å². The summed E-state index contributed by atoms with van der Waals surface area (Å²) >= 11 is 0. The first-order valence-corrected chi connectivity index (χ1v) is 7.33. The largest absolute Gasteiger partial charge is 0.338 e. The summed E-state index contributed by atoms with van der Waals surface area (Å²) in [7, 11) is 0. The Kier molecular flexibility index (Phi) is 4.95. The van der Waals surface area contributed by atoms with Crippen molar-refractivity contribution in [3.8, 4) is 0 Å². The quantitative estimate of drug-likeness (QED) is 0.870. The van der Waals surface area contributed by atoms with Crippen molar-refractivity contribution in [2.75, 3.05) is 19.6 Å². The second kappa shape index (κ2) is 6.70. The van der Waals surface area contributed by atoms with E-state index in [-0.39, 0.29) is 11.5 Å². The summed E-state index contributed by atoms with van der Waals surface area (Å²) in [5.74, 6) is 0.387. The molecule has 1 amide bonds. The molecule has 20 heavy (non-hydrogen) atoms. The van der Waals surface area contributed by atoms with Crippen molar-refractivity contribution in [2.24, 2.45) is 5.92 Å². The summed E-state index contributed by atoms with van der Waals surface area (Å²) in [6.45, 7) is 6.84. The molecule has 2 N–H and O–H groups in total. The van der Waals surface area contributed by atoms with E-state index in [4.69, 9.17) is 0 Å². The second-order valence-electron chi connectivity index (χ2n) is 5.52. The Balaban J connectivity index is 1.98. The molecule has 2 atom stereocenters. The zero-order valence-electron chi connectivity index (χ0n) is 12.2. The minimum absolute atomic E-state index is 0.0445. The van der Waals surface area contributed by atoms with E-state index >= 15 is 0 Å². The molecule has 2 unspecified atom stereocenters. The first kappa shape index (κ1) is 14.8. The predicted octanol–water partition coefficient (Wildman–Crippen LogP) is 1.23. The molecule has 0 radical (unpaired) electrons. The fraction of sp³-hybridized carbons (Fsp3) is 0.600. The van der Waals surface area contributed by atoms with Crippen molar-refractivity contribution in [3.63, 3.8) is 0 Å². The van der Waals surface area contributed by atoms with Gasteiger partial charge < -0.3 is 15.2 Å². The van der Waals surface area contributed by atoms with Gasteiger partial charge in [0.25, 0.3) is 5.91 Å². The van der Waals surface area contributed by atoms with Crippen molar-refractivity contribution >= 4 is 5.91 Å². The third-order valence-electron chi connectivity index (χ3n) is 3.87. The molecule has 110 valence electrons. The number of amides is 1. The molecule has 1 fully saturated rings. The highest BCUT2D eigenvalue weighted by molar-refractivity contribution is 5.94. The van der Waals surface area contributed by atoms with Gasteiger partial charge in [-0.25, -0.2) is 0 Å². The third-order valence-corrected chi connectivity index (χ3v) is 3.87. The molecule has 2 heterocycles. The lowest BCUT2D eigenvalue weighted by atomic mass is 9.93. The zero-order valence-corrected chi connectivity index (χ0v) is 12.2. The maximum absolute atomic E-state index is 12.4. The third kappa shape index (κ3) is 3.48. The minimum Gasteiger partial charge on any atom is -0.338 e. The molecule has 0 spiro atoms. The van der Waals surface area contributed by atoms with Crippen LogP contribution in [0.3, 0.4) is 0 Å². The number of carbonyl (C=O) groups is 1. The number of nitrogens with zero attached hydrogens (tertiary/aromatic N) is 1. The lowest BCUT2D eigenvalue weighted by molar-refractivity contribution is 0.0645. The fourth-order valence-electron chi connectivity index (χ4n) is 2.72. The molecule has 0 bridgehead atoms. The van der Waals surface area contributed by atoms with Gasteiger partial charge in [0.1, 0.15) is 0 Å². The van der Waals surface area contributed by atoms with Crippen molar-refractivity contribution in [1.82, 2.24) is 15.2 Å². The summed E-state index contributed by atoms with van der Waals surface area (Å²) in [4.78, 5) is 28.0. The number of hydrogen-bond donors (Lipinski definition) is 2. The van der Waals surface area contributed by atoms with E-state index in [9.17, 15) is 9.59 Å². The van der Waals surface area contributed by atoms with Gasteiger partial charge in [0, 0.05) is 37.0 Å². The summed E-state index contributed by atoms with van der Waals surface area (Å²) in [6.07, 6.45) is 3.61.